The van der Waals surface area contributed by atoms with Crippen LogP contribution in [0, 0.1) is 6.92 Å². The molecule has 0 aromatic carbocycles. The van der Waals surface area contributed by atoms with E-state index in [-0.39, 0.29) is 6.03 Å². The van der Waals surface area contributed by atoms with Gasteiger partial charge in [0, 0.05) is 34.2 Å². The van der Waals surface area contributed by atoms with Crippen LogP contribution in [0.5, 0.6) is 0 Å². The number of nitrogens with one attached hydrogen (secondary N) is 2. The molecule has 2 amide bonds. The lowest BCUT2D eigenvalue weighted by atomic mass is 10.2. The van der Waals surface area contributed by atoms with E-state index >= 15 is 0 Å². The summed E-state index contributed by atoms with van der Waals surface area (Å²) in [4.78, 5) is 13.1. The van der Waals surface area contributed by atoms with Crippen LogP contribution < -0.4 is 16.4 Å². The quantitative estimate of drug-likeness (QED) is 0.525. The molecule has 0 saturated carbocycles. The lowest BCUT2D eigenvalue weighted by molar-refractivity contribution is 0.218. The van der Waals surface area contributed by atoms with E-state index in [2.05, 4.69) is 15.7 Å². The van der Waals surface area contributed by atoms with Gasteiger partial charge in [-0.1, -0.05) is 12.2 Å². The molecule has 7 nitrogen and oxygen atoms in total. The van der Waals surface area contributed by atoms with Gasteiger partial charge in [0.25, 0.3) is 0 Å². The first-order valence-electron chi connectivity index (χ1n) is 5.87. The van der Waals surface area contributed by atoms with Crippen molar-refractivity contribution in [1.29, 1.82) is 0 Å². The molecule has 0 spiro atoms. The molecule has 0 bridgehead atoms. The smallest absolute Gasteiger partial charge is 0.316 e. The highest BCUT2D eigenvalue weighted by atomic mass is 32.1. The Hall–Kier alpha value is -1.83. The average molecular weight is 284 g/mol. The molecule has 0 aliphatic rings. The van der Waals surface area contributed by atoms with E-state index in [4.69, 9.17) is 18.0 Å². The fourth-order valence-corrected chi connectivity index (χ4v) is 1.91. The van der Waals surface area contributed by atoms with Crippen LogP contribution >= 0.6 is 12.2 Å². The van der Waals surface area contributed by atoms with Gasteiger partial charge >= 0.3 is 6.03 Å². The monoisotopic (exact) mass is 284 g/mol. The number of aromatic nitrogens is 2. The lowest BCUT2D eigenvalue weighted by Crippen LogP contribution is -2.37. The van der Waals surface area contributed by atoms with Crippen molar-refractivity contribution in [1.82, 2.24) is 20.0 Å². The fraction of sp³-hybridized carbons (Fsp3) is 0.545. The van der Waals surface area contributed by atoms with Crippen molar-refractivity contribution in [3.05, 3.63) is 11.3 Å². The number of anilines is 1. The minimum absolute atomic E-state index is 0.127. The van der Waals surface area contributed by atoms with E-state index < -0.39 is 0 Å². The molecule has 0 atom stereocenters. The average Bonchev–Trinajstić information content (AvgIpc) is 2.58. The van der Waals surface area contributed by atoms with Crippen molar-refractivity contribution in [3.63, 3.8) is 0 Å². The van der Waals surface area contributed by atoms with Crippen LogP contribution in [0.4, 0.5) is 10.6 Å². The molecule has 0 radical (unpaired) electrons. The zero-order valence-corrected chi connectivity index (χ0v) is 12.5. The number of carbonyl (C=O) groups excluding carboxylic acids is 1. The van der Waals surface area contributed by atoms with E-state index in [9.17, 15) is 4.79 Å². The van der Waals surface area contributed by atoms with Crippen LogP contribution in [-0.4, -0.2) is 52.9 Å². The largest absolute Gasteiger partial charge is 0.389 e. The maximum atomic E-state index is 11.3. The number of thiocarbonyl (C=S) groups is 1. The highest BCUT2D eigenvalue weighted by molar-refractivity contribution is 7.80. The Kier molecular flexibility index (Phi) is 5.11. The van der Waals surface area contributed by atoms with Crippen molar-refractivity contribution in [2.75, 3.05) is 32.5 Å². The Morgan fingerprint density at radius 3 is 2.63 bits per heavy atom. The summed E-state index contributed by atoms with van der Waals surface area (Å²) < 4.78 is 1.69. The molecule has 1 aromatic heterocycles. The minimum atomic E-state index is -0.127. The number of urea groups is 1. The summed E-state index contributed by atoms with van der Waals surface area (Å²) in [6.07, 6.45) is 0. The molecule has 19 heavy (non-hydrogen) atoms. The number of hydrogen-bond donors (Lipinski definition) is 3. The van der Waals surface area contributed by atoms with E-state index in [1.807, 2.05) is 14.0 Å². The topological polar surface area (TPSA) is 88.2 Å². The number of nitrogens with two attached hydrogens (primary N) is 1. The lowest BCUT2D eigenvalue weighted by Gasteiger charge is -2.13. The Bertz CT molecular complexity index is 482. The van der Waals surface area contributed by atoms with Crippen LogP contribution in [0.15, 0.2) is 0 Å². The van der Waals surface area contributed by atoms with Crippen molar-refractivity contribution < 1.29 is 4.79 Å². The molecule has 0 unspecified atom stereocenters. The summed E-state index contributed by atoms with van der Waals surface area (Å²) in [5.74, 6) is 0.768. The van der Waals surface area contributed by atoms with Gasteiger partial charge in [-0.15, -0.1) is 0 Å². The van der Waals surface area contributed by atoms with Crippen LogP contribution in [0.2, 0.25) is 0 Å². The second kappa shape index (κ2) is 6.37. The van der Waals surface area contributed by atoms with Crippen LogP contribution in [-0.2, 0) is 7.05 Å². The van der Waals surface area contributed by atoms with E-state index in [1.54, 1.807) is 18.8 Å². The maximum Gasteiger partial charge on any atom is 0.316 e. The Morgan fingerprint density at radius 2 is 2.11 bits per heavy atom. The normalized spacial score (nSPS) is 10.1. The number of carbonyl (C=O) groups is 1. The van der Waals surface area contributed by atoms with Gasteiger partial charge < -0.3 is 21.3 Å². The standard InChI is InChI=1S/C11H20N6OS/c1-7-8(9(12)19)10(17(4)15-7)13-5-6-14-11(18)16(2)3/h13H,5-6H2,1-4H3,(H2,12,19)(H,14,18). The summed E-state index contributed by atoms with van der Waals surface area (Å²) in [6.45, 7) is 2.92. The van der Waals surface area contributed by atoms with Crippen LogP contribution in [0.25, 0.3) is 0 Å². The second-order valence-corrected chi connectivity index (χ2v) is 4.79. The zero-order chi connectivity index (χ0) is 14.6. The first-order chi connectivity index (χ1) is 8.84. The summed E-state index contributed by atoms with van der Waals surface area (Å²) in [7, 11) is 5.20. The van der Waals surface area contributed by atoms with Crippen molar-refractivity contribution in [3.8, 4) is 0 Å². The molecule has 1 aromatic rings. The molecule has 1 rings (SSSR count). The Labute approximate surface area is 118 Å². The minimum Gasteiger partial charge on any atom is -0.389 e. The third-order valence-electron chi connectivity index (χ3n) is 2.57. The van der Waals surface area contributed by atoms with Crippen LogP contribution in [0.1, 0.15) is 11.3 Å². The van der Waals surface area contributed by atoms with Crippen LogP contribution in [0.3, 0.4) is 0 Å². The van der Waals surface area contributed by atoms with Crippen molar-refractivity contribution in [2.45, 2.75) is 6.92 Å². The molecule has 4 N–H and O–H groups in total. The SMILES string of the molecule is Cc1nn(C)c(NCCNC(=O)N(C)C)c1C(N)=S. The molecule has 0 fully saturated rings. The van der Waals surface area contributed by atoms with Gasteiger partial charge in [-0.2, -0.15) is 5.10 Å². The molecule has 106 valence electrons. The van der Waals surface area contributed by atoms with Crippen molar-refractivity contribution in [2.24, 2.45) is 12.8 Å². The summed E-state index contributed by atoms with van der Waals surface area (Å²) >= 11 is 5.01. The third-order valence-corrected chi connectivity index (χ3v) is 2.77. The van der Waals surface area contributed by atoms with Crippen molar-refractivity contribution >= 4 is 29.1 Å². The predicted octanol–water partition coefficient (Wildman–Crippen LogP) is 0.0458. The van der Waals surface area contributed by atoms with Gasteiger partial charge in [-0.25, -0.2) is 4.79 Å². The highest BCUT2D eigenvalue weighted by Gasteiger charge is 2.14. The van der Waals surface area contributed by atoms with E-state index in [0.717, 1.165) is 17.1 Å². The number of nitrogens with zero attached hydrogens (tertiary/aromatic N) is 3. The summed E-state index contributed by atoms with van der Waals surface area (Å²) in [6, 6.07) is -0.127. The highest BCUT2D eigenvalue weighted by Crippen LogP contribution is 2.17. The number of aryl methyl sites for hydroxylation is 2. The molecule has 8 heteroatoms. The molecular formula is C11H20N6OS. The first-order valence-corrected chi connectivity index (χ1v) is 6.27. The third kappa shape index (κ3) is 3.82. The van der Waals surface area contributed by atoms with Gasteiger partial charge in [0.15, 0.2) is 0 Å². The number of rotatable bonds is 5. The summed E-state index contributed by atoms with van der Waals surface area (Å²) in [5.41, 5.74) is 7.22. The van der Waals surface area contributed by atoms with E-state index in [1.165, 1.54) is 4.90 Å². The Morgan fingerprint density at radius 1 is 1.47 bits per heavy atom. The predicted molar refractivity (Wildman–Crippen MR) is 79.4 cm³/mol. The summed E-state index contributed by atoms with van der Waals surface area (Å²) in [5, 5.41) is 10.2. The molecule has 0 saturated heterocycles. The number of amides is 2. The fourth-order valence-electron chi connectivity index (χ4n) is 1.66. The molecule has 0 aliphatic carbocycles. The molecular weight excluding hydrogens is 264 g/mol. The second-order valence-electron chi connectivity index (χ2n) is 4.35. The maximum absolute atomic E-state index is 11.3. The van der Waals surface area contributed by atoms with Gasteiger partial charge in [-0.3, -0.25) is 4.68 Å². The van der Waals surface area contributed by atoms with Gasteiger partial charge in [0.1, 0.15) is 10.8 Å². The van der Waals surface area contributed by atoms with E-state index in [0.29, 0.717) is 18.1 Å². The van der Waals surface area contributed by atoms with Gasteiger partial charge in [-0.05, 0) is 6.92 Å². The van der Waals surface area contributed by atoms with Gasteiger partial charge in [0.2, 0.25) is 0 Å². The molecule has 0 aliphatic heterocycles. The Balaban J connectivity index is 2.59. The first kappa shape index (κ1) is 15.2. The molecule has 1 heterocycles. The zero-order valence-electron chi connectivity index (χ0n) is 11.6. The number of hydrogen-bond acceptors (Lipinski definition) is 4. The van der Waals surface area contributed by atoms with Gasteiger partial charge in [0.05, 0.1) is 11.3 Å².